The number of benzene rings is 2. The van der Waals surface area contributed by atoms with Crippen LogP contribution < -0.4 is 5.73 Å². The maximum Gasteiger partial charge on any atom is 0.137 e. The molecule has 2 aromatic rings. The molecule has 3 heteroatoms. The SMILES string of the molecule is Cc1ccc(CC(CN)Cc2cccc(F)c2Br)cc1. The maximum atomic E-state index is 13.5. The maximum absolute atomic E-state index is 13.5. The van der Waals surface area contributed by atoms with Crippen molar-refractivity contribution in [2.24, 2.45) is 11.7 Å². The molecule has 2 N–H and O–H groups in total. The summed E-state index contributed by atoms with van der Waals surface area (Å²) in [4.78, 5) is 0. The Morgan fingerprint density at radius 3 is 2.45 bits per heavy atom. The van der Waals surface area contributed by atoms with Crippen LogP contribution in [0.15, 0.2) is 46.9 Å². The van der Waals surface area contributed by atoms with Crippen LogP contribution >= 0.6 is 15.9 Å². The summed E-state index contributed by atoms with van der Waals surface area (Å²) in [5, 5.41) is 0. The van der Waals surface area contributed by atoms with E-state index < -0.39 is 0 Å². The molecule has 0 fully saturated rings. The predicted octanol–water partition coefficient (Wildman–Crippen LogP) is 4.26. The van der Waals surface area contributed by atoms with Crippen LogP contribution in [-0.2, 0) is 12.8 Å². The van der Waals surface area contributed by atoms with Crippen molar-refractivity contribution >= 4 is 15.9 Å². The third kappa shape index (κ3) is 3.90. The van der Waals surface area contributed by atoms with Crippen molar-refractivity contribution in [2.75, 3.05) is 6.54 Å². The zero-order valence-corrected chi connectivity index (χ0v) is 13.2. The van der Waals surface area contributed by atoms with Gasteiger partial charge in [0.2, 0.25) is 0 Å². The van der Waals surface area contributed by atoms with E-state index in [4.69, 9.17) is 5.73 Å². The van der Waals surface area contributed by atoms with E-state index in [2.05, 4.69) is 47.1 Å². The topological polar surface area (TPSA) is 26.0 Å². The van der Waals surface area contributed by atoms with Crippen LogP contribution in [0.5, 0.6) is 0 Å². The van der Waals surface area contributed by atoms with Crippen molar-refractivity contribution in [3.05, 3.63) is 69.4 Å². The molecule has 0 aliphatic rings. The molecule has 0 saturated heterocycles. The number of hydrogen-bond donors (Lipinski definition) is 1. The van der Waals surface area contributed by atoms with Gasteiger partial charge in [-0.1, -0.05) is 42.0 Å². The average molecular weight is 336 g/mol. The summed E-state index contributed by atoms with van der Waals surface area (Å²) < 4.78 is 14.1. The molecule has 0 aliphatic carbocycles. The van der Waals surface area contributed by atoms with Gasteiger partial charge in [0.05, 0.1) is 4.47 Å². The lowest BCUT2D eigenvalue weighted by Crippen LogP contribution is -2.19. The molecule has 0 saturated carbocycles. The molecular formula is C17H19BrFN. The van der Waals surface area contributed by atoms with Gasteiger partial charge in [-0.3, -0.25) is 0 Å². The summed E-state index contributed by atoms with van der Waals surface area (Å²) in [6.45, 7) is 2.67. The van der Waals surface area contributed by atoms with Gasteiger partial charge in [-0.2, -0.15) is 0 Å². The second kappa shape index (κ2) is 7.00. The highest BCUT2D eigenvalue weighted by Crippen LogP contribution is 2.24. The average Bonchev–Trinajstić information content (AvgIpc) is 2.45. The highest BCUT2D eigenvalue weighted by molar-refractivity contribution is 9.10. The summed E-state index contributed by atoms with van der Waals surface area (Å²) in [5.41, 5.74) is 9.39. The summed E-state index contributed by atoms with van der Waals surface area (Å²) in [6.07, 6.45) is 1.70. The number of aryl methyl sites for hydroxylation is 1. The third-order valence-corrected chi connectivity index (χ3v) is 4.41. The minimum atomic E-state index is -0.214. The lowest BCUT2D eigenvalue weighted by atomic mass is 9.92. The van der Waals surface area contributed by atoms with Crippen molar-refractivity contribution in [1.82, 2.24) is 0 Å². The molecule has 0 aromatic heterocycles. The van der Waals surface area contributed by atoms with Gasteiger partial charge in [-0.05, 0) is 65.4 Å². The van der Waals surface area contributed by atoms with Crippen molar-refractivity contribution in [2.45, 2.75) is 19.8 Å². The summed E-state index contributed by atoms with van der Waals surface area (Å²) in [7, 11) is 0. The Morgan fingerprint density at radius 2 is 1.80 bits per heavy atom. The Labute approximate surface area is 128 Å². The fraction of sp³-hybridized carbons (Fsp3) is 0.294. The van der Waals surface area contributed by atoms with Crippen LogP contribution in [0.3, 0.4) is 0 Å². The Hall–Kier alpha value is -1.19. The van der Waals surface area contributed by atoms with Gasteiger partial charge in [0.15, 0.2) is 0 Å². The summed E-state index contributed by atoms with van der Waals surface area (Å²) in [6, 6.07) is 13.7. The van der Waals surface area contributed by atoms with Crippen LogP contribution in [0.2, 0.25) is 0 Å². The molecule has 1 nitrogen and oxygen atoms in total. The fourth-order valence-corrected chi connectivity index (χ4v) is 2.74. The molecule has 2 aromatic carbocycles. The van der Waals surface area contributed by atoms with Gasteiger partial charge in [0.25, 0.3) is 0 Å². The Bertz CT molecular complexity index is 566. The molecule has 20 heavy (non-hydrogen) atoms. The van der Waals surface area contributed by atoms with Crippen LogP contribution in [0.25, 0.3) is 0 Å². The molecule has 0 amide bonds. The Morgan fingerprint density at radius 1 is 1.10 bits per heavy atom. The highest BCUT2D eigenvalue weighted by Gasteiger charge is 2.13. The normalized spacial score (nSPS) is 12.4. The molecule has 1 atom stereocenters. The van der Waals surface area contributed by atoms with Crippen LogP contribution in [0.1, 0.15) is 16.7 Å². The summed E-state index contributed by atoms with van der Waals surface area (Å²) in [5.74, 6) is 0.101. The molecule has 0 spiro atoms. The smallest absolute Gasteiger partial charge is 0.137 e. The molecule has 0 heterocycles. The second-order valence-electron chi connectivity index (χ2n) is 5.21. The lowest BCUT2D eigenvalue weighted by Gasteiger charge is -2.16. The van der Waals surface area contributed by atoms with Crippen LogP contribution in [-0.4, -0.2) is 6.54 Å². The first-order chi connectivity index (χ1) is 9.60. The highest BCUT2D eigenvalue weighted by atomic mass is 79.9. The first-order valence-corrected chi connectivity index (χ1v) is 7.58. The van der Waals surface area contributed by atoms with E-state index in [1.807, 2.05) is 6.07 Å². The number of nitrogens with two attached hydrogens (primary N) is 1. The number of rotatable bonds is 5. The molecule has 106 valence electrons. The van der Waals surface area contributed by atoms with Gasteiger partial charge in [0.1, 0.15) is 5.82 Å². The second-order valence-corrected chi connectivity index (χ2v) is 6.00. The fourth-order valence-electron chi connectivity index (χ4n) is 2.31. The van der Waals surface area contributed by atoms with Gasteiger partial charge >= 0.3 is 0 Å². The Kier molecular flexibility index (Phi) is 5.32. The summed E-state index contributed by atoms with van der Waals surface area (Å²) >= 11 is 3.32. The van der Waals surface area contributed by atoms with E-state index in [-0.39, 0.29) is 5.82 Å². The van der Waals surface area contributed by atoms with Crippen molar-refractivity contribution < 1.29 is 4.39 Å². The molecule has 0 radical (unpaired) electrons. The number of hydrogen-bond acceptors (Lipinski definition) is 1. The van der Waals surface area contributed by atoms with E-state index in [1.165, 1.54) is 17.2 Å². The van der Waals surface area contributed by atoms with Gasteiger partial charge < -0.3 is 5.73 Å². The van der Waals surface area contributed by atoms with E-state index in [0.717, 1.165) is 18.4 Å². The third-order valence-electron chi connectivity index (χ3n) is 3.52. The van der Waals surface area contributed by atoms with Gasteiger partial charge in [-0.15, -0.1) is 0 Å². The van der Waals surface area contributed by atoms with Crippen LogP contribution in [0.4, 0.5) is 4.39 Å². The molecule has 0 bridgehead atoms. The first kappa shape index (κ1) is 15.2. The van der Waals surface area contributed by atoms with Gasteiger partial charge in [0, 0.05) is 0 Å². The predicted molar refractivity (Wildman–Crippen MR) is 85.2 cm³/mol. The monoisotopic (exact) mass is 335 g/mol. The molecule has 1 unspecified atom stereocenters. The minimum Gasteiger partial charge on any atom is -0.330 e. The van der Waals surface area contributed by atoms with Gasteiger partial charge in [-0.25, -0.2) is 4.39 Å². The molecular weight excluding hydrogens is 317 g/mol. The lowest BCUT2D eigenvalue weighted by molar-refractivity contribution is 0.528. The van der Waals surface area contributed by atoms with E-state index in [9.17, 15) is 4.39 Å². The Balaban J connectivity index is 2.09. The van der Waals surface area contributed by atoms with E-state index in [0.29, 0.717) is 16.9 Å². The first-order valence-electron chi connectivity index (χ1n) is 6.78. The van der Waals surface area contributed by atoms with E-state index in [1.54, 1.807) is 6.07 Å². The molecule has 0 aliphatic heterocycles. The van der Waals surface area contributed by atoms with Crippen molar-refractivity contribution in [3.8, 4) is 0 Å². The van der Waals surface area contributed by atoms with Crippen LogP contribution in [0, 0.1) is 18.7 Å². The standard InChI is InChI=1S/C17H19BrFN/c1-12-5-7-13(8-6-12)9-14(11-20)10-15-3-2-4-16(19)17(15)18/h2-8,14H,9-11,20H2,1H3. The largest absolute Gasteiger partial charge is 0.330 e. The van der Waals surface area contributed by atoms with E-state index >= 15 is 0 Å². The molecule has 2 rings (SSSR count). The van der Waals surface area contributed by atoms with Crippen molar-refractivity contribution in [3.63, 3.8) is 0 Å². The number of halogens is 2. The zero-order chi connectivity index (χ0) is 14.5. The minimum absolute atomic E-state index is 0.214. The van der Waals surface area contributed by atoms with Crippen molar-refractivity contribution in [1.29, 1.82) is 0 Å². The quantitative estimate of drug-likeness (QED) is 0.868. The zero-order valence-electron chi connectivity index (χ0n) is 11.6.